The normalized spacial score (nSPS) is 11.4. The van der Waals surface area contributed by atoms with Gasteiger partial charge in [-0.15, -0.1) is 11.8 Å². The molecule has 0 amide bonds. The third-order valence-electron chi connectivity index (χ3n) is 2.00. The average molecular weight is 288 g/mol. The molecule has 0 saturated carbocycles. The Morgan fingerprint density at radius 2 is 2.11 bits per heavy atom. The SMILES string of the molecule is CC(C)(C)OC(=O)CSc1ccc(CN)cc1Cl. The number of hydrogen-bond donors (Lipinski definition) is 1. The molecular formula is C13H18ClNO2S. The summed E-state index contributed by atoms with van der Waals surface area (Å²) in [5.74, 6) is 0.00496. The molecule has 0 atom stereocenters. The molecule has 5 heteroatoms. The molecule has 1 rings (SSSR count). The first kappa shape index (κ1) is 15.3. The van der Waals surface area contributed by atoms with Gasteiger partial charge in [0.15, 0.2) is 0 Å². The van der Waals surface area contributed by atoms with Gasteiger partial charge < -0.3 is 10.5 Å². The van der Waals surface area contributed by atoms with Crippen molar-refractivity contribution in [1.29, 1.82) is 0 Å². The Kier molecular flexibility index (Phi) is 5.50. The lowest BCUT2D eigenvalue weighted by Crippen LogP contribution is -2.24. The standard InChI is InChI=1S/C13H18ClNO2S/c1-13(2,3)17-12(16)8-18-11-5-4-9(7-15)6-10(11)14/h4-6H,7-8,15H2,1-3H3. The first-order valence-corrected chi connectivity index (χ1v) is 7.01. The van der Waals surface area contributed by atoms with Crippen LogP contribution in [0.5, 0.6) is 0 Å². The fourth-order valence-electron chi connectivity index (χ4n) is 1.30. The molecule has 0 radical (unpaired) electrons. The van der Waals surface area contributed by atoms with Crippen molar-refractivity contribution in [1.82, 2.24) is 0 Å². The summed E-state index contributed by atoms with van der Waals surface area (Å²) in [4.78, 5) is 12.4. The van der Waals surface area contributed by atoms with E-state index in [1.54, 1.807) is 0 Å². The molecule has 3 nitrogen and oxygen atoms in total. The summed E-state index contributed by atoms with van der Waals surface area (Å²) in [5, 5.41) is 0.617. The van der Waals surface area contributed by atoms with Crippen LogP contribution in [0.25, 0.3) is 0 Å². The van der Waals surface area contributed by atoms with Gasteiger partial charge in [0.25, 0.3) is 0 Å². The van der Waals surface area contributed by atoms with Crippen LogP contribution in [-0.4, -0.2) is 17.3 Å². The highest BCUT2D eigenvalue weighted by atomic mass is 35.5. The van der Waals surface area contributed by atoms with Gasteiger partial charge in [0.1, 0.15) is 5.60 Å². The Morgan fingerprint density at radius 3 is 2.61 bits per heavy atom. The number of carbonyl (C=O) groups excluding carboxylic acids is 1. The highest BCUT2D eigenvalue weighted by Crippen LogP contribution is 2.28. The largest absolute Gasteiger partial charge is 0.459 e. The molecule has 0 bridgehead atoms. The predicted molar refractivity (Wildman–Crippen MR) is 75.9 cm³/mol. The van der Waals surface area contributed by atoms with Gasteiger partial charge in [-0.2, -0.15) is 0 Å². The highest BCUT2D eigenvalue weighted by Gasteiger charge is 2.16. The summed E-state index contributed by atoms with van der Waals surface area (Å²) in [6, 6.07) is 5.60. The molecule has 100 valence electrons. The molecule has 18 heavy (non-hydrogen) atoms. The van der Waals surface area contributed by atoms with Crippen LogP contribution in [0.4, 0.5) is 0 Å². The molecule has 0 heterocycles. The molecule has 0 unspecified atom stereocenters. The molecule has 0 saturated heterocycles. The number of esters is 1. The maximum atomic E-state index is 11.6. The van der Waals surface area contributed by atoms with Crippen LogP contribution in [0.15, 0.2) is 23.1 Å². The summed E-state index contributed by atoms with van der Waals surface area (Å²) in [6.45, 7) is 5.99. The van der Waals surface area contributed by atoms with E-state index in [2.05, 4.69) is 0 Å². The molecule has 0 fully saturated rings. The van der Waals surface area contributed by atoms with Crippen molar-refractivity contribution >= 4 is 29.3 Å². The quantitative estimate of drug-likeness (QED) is 0.682. The molecule has 2 N–H and O–H groups in total. The van der Waals surface area contributed by atoms with Crippen molar-refractivity contribution in [3.63, 3.8) is 0 Å². The minimum Gasteiger partial charge on any atom is -0.459 e. The van der Waals surface area contributed by atoms with Crippen molar-refractivity contribution in [2.75, 3.05) is 5.75 Å². The zero-order valence-corrected chi connectivity index (χ0v) is 12.4. The first-order chi connectivity index (χ1) is 8.31. The van der Waals surface area contributed by atoms with Crippen molar-refractivity contribution in [2.45, 2.75) is 37.8 Å². The lowest BCUT2D eigenvalue weighted by molar-refractivity contribution is -0.151. The van der Waals surface area contributed by atoms with E-state index in [-0.39, 0.29) is 11.7 Å². The fourth-order valence-corrected chi connectivity index (χ4v) is 2.36. The van der Waals surface area contributed by atoms with Crippen LogP contribution in [0.2, 0.25) is 5.02 Å². The second-order valence-corrected chi connectivity index (χ2v) is 6.27. The lowest BCUT2D eigenvalue weighted by atomic mass is 10.2. The Balaban J connectivity index is 2.56. The highest BCUT2D eigenvalue weighted by molar-refractivity contribution is 8.00. The van der Waals surface area contributed by atoms with Crippen LogP contribution in [0.3, 0.4) is 0 Å². The smallest absolute Gasteiger partial charge is 0.316 e. The summed E-state index contributed by atoms with van der Waals surface area (Å²) < 4.78 is 5.22. The lowest BCUT2D eigenvalue weighted by Gasteiger charge is -2.19. The van der Waals surface area contributed by atoms with Crippen molar-refractivity contribution in [2.24, 2.45) is 5.73 Å². The van der Waals surface area contributed by atoms with E-state index in [4.69, 9.17) is 22.1 Å². The van der Waals surface area contributed by atoms with E-state index in [0.29, 0.717) is 11.6 Å². The van der Waals surface area contributed by atoms with E-state index < -0.39 is 5.60 Å². The van der Waals surface area contributed by atoms with E-state index in [1.165, 1.54) is 11.8 Å². The zero-order chi connectivity index (χ0) is 13.8. The third-order valence-corrected chi connectivity index (χ3v) is 3.47. The summed E-state index contributed by atoms with van der Waals surface area (Å²) in [7, 11) is 0. The fraction of sp³-hybridized carbons (Fsp3) is 0.462. The van der Waals surface area contributed by atoms with Crippen LogP contribution in [0, 0.1) is 0 Å². The van der Waals surface area contributed by atoms with Gasteiger partial charge in [0.05, 0.1) is 10.8 Å². The minimum absolute atomic E-state index is 0.244. The van der Waals surface area contributed by atoms with Gasteiger partial charge in [0, 0.05) is 11.4 Å². The Labute approximate surface area is 117 Å². The third kappa shape index (κ3) is 5.29. The molecule has 0 aromatic heterocycles. The van der Waals surface area contributed by atoms with Crippen LogP contribution >= 0.6 is 23.4 Å². The zero-order valence-electron chi connectivity index (χ0n) is 10.8. The summed E-state index contributed by atoms with van der Waals surface area (Å²) >= 11 is 7.46. The summed E-state index contributed by atoms with van der Waals surface area (Å²) in [6.07, 6.45) is 0. The number of benzene rings is 1. The van der Waals surface area contributed by atoms with Crippen LogP contribution in [0.1, 0.15) is 26.3 Å². The number of nitrogens with two attached hydrogens (primary N) is 1. The van der Waals surface area contributed by atoms with E-state index in [0.717, 1.165) is 10.5 Å². The molecule has 1 aromatic rings. The number of hydrogen-bond acceptors (Lipinski definition) is 4. The molecule has 1 aromatic carbocycles. The van der Waals surface area contributed by atoms with Gasteiger partial charge in [-0.25, -0.2) is 0 Å². The summed E-state index contributed by atoms with van der Waals surface area (Å²) in [5.41, 5.74) is 6.04. The monoisotopic (exact) mass is 287 g/mol. The average Bonchev–Trinajstić information content (AvgIpc) is 2.25. The first-order valence-electron chi connectivity index (χ1n) is 5.65. The molecule has 0 aliphatic carbocycles. The number of ether oxygens (including phenoxy) is 1. The number of carbonyl (C=O) groups is 1. The number of rotatable bonds is 4. The second kappa shape index (κ2) is 6.45. The van der Waals surface area contributed by atoms with E-state index >= 15 is 0 Å². The van der Waals surface area contributed by atoms with Crippen LogP contribution < -0.4 is 5.73 Å². The Morgan fingerprint density at radius 1 is 1.44 bits per heavy atom. The minimum atomic E-state index is -0.454. The van der Waals surface area contributed by atoms with Crippen LogP contribution in [-0.2, 0) is 16.1 Å². The maximum Gasteiger partial charge on any atom is 0.316 e. The van der Waals surface area contributed by atoms with Gasteiger partial charge >= 0.3 is 5.97 Å². The molecule has 0 aliphatic rings. The van der Waals surface area contributed by atoms with Crippen molar-refractivity contribution < 1.29 is 9.53 Å². The topological polar surface area (TPSA) is 52.3 Å². The molecule has 0 spiro atoms. The molecule has 0 aliphatic heterocycles. The van der Waals surface area contributed by atoms with Gasteiger partial charge in [-0.1, -0.05) is 17.7 Å². The maximum absolute atomic E-state index is 11.6. The second-order valence-electron chi connectivity index (χ2n) is 4.84. The van der Waals surface area contributed by atoms with Gasteiger partial charge in [-0.05, 0) is 38.5 Å². The van der Waals surface area contributed by atoms with E-state index in [9.17, 15) is 4.79 Å². The van der Waals surface area contributed by atoms with E-state index in [1.807, 2.05) is 39.0 Å². The number of thioether (sulfide) groups is 1. The molecular weight excluding hydrogens is 270 g/mol. The van der Waals surface area contributed by atoms with Gasteiger partial charge in [-0.3, -0.25) is 4.79 Å². The van der Waals surface area contributed by atoms with Gasteiger partial charge in [0.2, 0.25) is 0 Å². The Hall–Kier alpha value is -0.710. The Bertz CT molecular complexity index is 429. The number of halogens is 1. The predicted octanol–water partition coefficient (Wildman–Crippen LogP) is 3.23. The van der Waals surface area contributed by atoms with Crippen molar-refractivity contribution in [3.05, 3.63) is 28.8 Å². The van der Waals surface area contributed by atoms with Crippen molar-refractivity contribution in [3.8, 4) is 0 Å².